The second-order valence-electron chi connectivity index (χ2n) is 12.7. The summed E-state index contributed by atoms with van der Waals surface area (Å²) < 4.78 is 27.0. The molecule has 4 N–H and O–H groups in total. The smallest absolute Gasteiger partial charge is 0.259 e. The van der Waals surface area contributed by atoms with Crippen molar-refractivity contribution in [2.45, 2.75) is 93.2 Å². The molecular weight excluding hydrogens is 603 g/mol. The van der Waals surface area contributed by atoms with Gasteiger partial charge in [-0.05, 0) is 45.4 Å². The number of nitrogens with zero attached hydrogens (tertiary/aromatic N) is 2. The van der Waals surface area contributed by atoms with Crippen molar-refractivity contribution in [3.63, 3.8) is 0 Å². The Morgan fingerprint density at radius 3 is 2.68 bits per heavy atom. The molecule has 44 heavy (non-hydrogen) atoms. The minimum atomic E-state index is -3.91. The molecule has 2 aliphatic carbocycles. The Kier molecular flexibility index (Phi) is 8.31. The number of aliphatic hydroxyl groups excluding tert-OH is 1. The molecule has 0 unspecified atom stereocenters. The number of hydrogen-bond acceptors (Lipinski definition) is 9. The quantitative estimate of drug-likeness (QED) is 0.351. The lowest BCUT2D eigenvalue weighted by atomic mass is 10.1. The van der Waals surface area contributed by atoms with Crippen LogP contribution in [-0.4, -0.2) is 76.1 Å². The normalized spacial score (nSPS) is 31.0. The van der Waals surface area contributed by atoms with Gasteiger partial charge in [-0.15, -0.1) is 11.3 Å². The van der Waals surface area contributed by atoms with E-state index in [0.29, 0.717) is 24.4 Å². The molecular formula is C31H39N5O6S2. The van der Waals surface area contributed by atoms with Gasteiger partial charge in [0.2, 0.25) is 21.8 Å². The van der Waals surface area contributed by atoms with Crippen LogP contribution in [-0.2, 0) is 24.4 Å². The number of carbonyl (C=O) groups is 3. The number of aromatic nitrogens is 1. The lowest BCUT2D eigenvalue weighted by Crippen LogP contribution is -2.58. The van der Waals surface area contributed by atoms with E-state index in [1.807, 2.05) is 47.9 Å². The van der Waals surface area contributed by atoms with Gasteiger partial charge < -0.3 is 20.6 Å². The molecule has 5 atom stereocenters. The monoisotopic (exact) mass is 641 g/mol. The van der Waals surface area contributed by atoms with Gasteiger partial charge in [-0.2, -0.15) is 0 Å². The summed E-state index contributed by atoms with van der Waals surface area (Å²) in [5, 5.41) is 19.2. The zero-order valence-electron chi connectivity index (χ0n) is 24.7. The van der Waals surface area contributed by atoms with Gasteiger partial charge in [-0.3, -0.25) is 19.1 Å². The van der Waals surface area contributed by atoms with Crippen molar-refractivity contribution in [1.29, 1.82) is 0 Å². The number of allylic oxidation sites excluding steroid dienone is 1. The largest absolute Gasteiger partial charge is 0.391 e. The molecule has 11 nitrogen and oxygen atoms in total. The summed E-state index contributed by atoms with van der Waals surface area (Å²) in [6, 6.07) is 8.08. The molecule has 6 rings (SSSR count). The molecule has 1 saturated heterocycles. The number of carbonyl (C=O) groups excluding carboxylic acids is 3. The maximum Gasteiger partial charge on any atom is 0.259 e. The van der Waals surface area contributed by atoms with Gasteiger partial charge in [-0.1, -0.05) is 55.3 Å². The second kappa shape index (κ2) is 11.9. The molecule has 0 bridgehead atoms. The minimum absolute atomic E-state index is 0.0164. The molecule has 1 aromatic heterocycles. The van der Waals surface area contributed by atoms with Gasteiger partial charge in [0, 0.05) is 29.8 Å². The first kappa shape index (κ1) is 30.7. The van der Waals surface area contributed by atoms with Crippen LogP contribution in [0, 0.1) is 5.92 Å². The number of thiazole rings is 1. The molecule has 2 aliphatic heterocycles. The lowest BCUT2D eigenvalue weighted by molar-refractivity contribution is -0.140. The topological polar surface area (TPSA) is 158 Å². The number of nitrogens with one attached hydrogen (secondary N) is 3. The van der Waals surface area contributed by atoms with Crippen molar-refractivity contribution < 1.29 is 27.9 Å². The van der Waals surface area contributed by atoms with E-state index in [2.05, 4.69) is 15.4 Å². The van der Waals surface area contributed by atoms with Crippen LogP contribution in [0.1, 0.15) is 64.7 Å². The maximum atomic E-state index is 14.0. The van der Waals surface area contributed by atoms with E-state index in [1.54, 1.807) is 6.92 Å². The minimum Gasteiger partial charge on any atom is -0.391 e. The summed E-state index contributed by atoms with van der Waals surface area (Å²) in [6.07, 6.45) is 7.99. The molecule has 0 spiro atoms. The Hall–Kier alpha value is -3.29. The molecule has 1 aromatic carbocycles. The van der Waals surface area contributed by atoms with Gasteiger partial charge in [-0.25, -0.2) is 13.4 Å². The van der Waals surface area contributed by atoms with E-state index in [0.717, 1.165) is 36.9 Å². The molecule has 0 radical (unpaired) electrons. The van der Waals surface area contributed by atoms with E-state index < -0.39 is 50.3 Å². The van der Waals surface area contributed by atoms with Crippen LogP contribution in [0.5, 0.6) is 0 Å². The van der Waals surface area contributed by atoms with Crippen molar-refractivity contribution in [2.24, 2.45) is 5.92 Å². The van der Waals surface area contributed by atoms with Gasteiger partial charge in [0.1, 0.15) is 17.6 Å². The van der Waals surface area contributed by atoms with Crippen LogP contribution in [0.3, 0.4) is 0 Å². The Morgan fingerprint density at radius 1 is 1.16 bits per heavy atom. The maximum absolute atomic E-state index is 14.0. The summed E-state index contributed by atoms with van der Waals surface area (Å²) in [6.45, 7) is 1.58. The number of amides is 3. The molecule has 4 aliphatic rings. The Morgan fingerprint density at radius 2 is 1.93 bits per heavy atom. The molecule has 3 fully saturated rings. The van der Waals surface area contributed by atoms with Crippen molar-refractivity contribution in [3.05, 3.63) is 47.9 Å². The van der Waals surface area contributed by atoms with Crippen molar-refractivity contribution in [2.75, 3.05) is 11.9 Å². The van der Waals surface area contributed by atoms with Gasteiger partial charge in [0.15, 0.2) is 5.13 Å². The Balaban J connectivity index is 1.23. The first-order chi connectivity index (χ1) is 21.0. The zero-order valence-corrected chi connectivity index (χ0v) is 26.3. The number of fused-ring (bicyclic) bond motifs is 2. The molecule has 3 heterocycles. The third-order valence-corrected chi connectivity index (χ3v) is 12.3. The van der Waals surface area contributed by atoms with E-state index in [9.17, 15) is 27.9 Å². The predicted octanol–water partition coefficient (Wildman–Crippen LogP) is 2.95. The summed E-state index contributed by atoms with van der Waals surface area (Å²) in [5.41, 5.74) is 0.331. The summed E-state index contributed by atoms with van der Waals surface area (Å²) >= 11 is 1.40. The third-order valence-electron chi connectivity index (χ3n) is 9.36. The number of rotatable bonds is 6. The van der Waals surface area contributed by atoms with Crippen LogP contribution in [0.25, 0.3) is 11.3 Å². The zero-order chi connectivity index (χ0) is 31.1. The van der Waals surface area contributed by atoms with Crippen LogP contribution in [0.2, 0.25) is 0 Å². The van der Waals surface area contributed by atoms with Crippen LogP contribution in [0.15, 0.2) is 47.9 Å². The average Bonchev–Trinajstić information content (AvgIpc) is 3.79. The molecule has 3 amide bonds. The number of hydrogen-bond donors (Lipinski definition) is 4. The first-order valence-corrected chi connectivity index (χ1v) is 17.7. The highest BCUT2D eigenvalue weighted by molar-refractivity contribution is 7.91. The number of aliphatic hydroxyl groups is 1. The van der Waals surface area contributed by atoms with Crippen LogP contribution < -0.4 is 15.4 Å². The standard InChI is InChI=1S/C31H39N5O6S2/c1-30(14-15-30)44(41,42)35-28(40)31-17-21(31)12-8-3-2-4-9-13-23(27(39)36-18-22(37)16-25(36)26(38)34-31)32-29-33-24(19-43-29)20-10-6-5-7-11-20/h5-8,10-12,19,21-23,25,37H,2-4,9,13-18H2,1H3,(H,32,33)(H,34,38)(H,35,40)/b12-8-/t21-,22-,23+,25+,31-/m1/s1. The highest BCUT2D eigenvalue weighted by Gasteiger charge is 2.63. The van der Waals surface area contributed by atoms with Crippen molar-refractivity contribution in [1.82, 2.24) is 19.9 Å². The fourth-order valence-electron chi connectivity index (χ4n) is 6.11. The lowest BCUT2D eigenvalue weighted by Gasteiger charge is -2.30. The number of benzene rings is 1. The molecule has 2 saturated carbocycles. The fraction of sp³-hybridized carbons (Fsp3) is 0.548. The van der Waals surface area contributed by atoms with Gasteiger partial charge >= 0.3 is 0 Å². The van der Waals surface area contributed by atoms with Crippen LogP contribution >= 0.6 is 11.3 Å². The molecule has 2 aromatic rings. The van der Waals surface area contributed by atoms with E-state index in [4.69, 9.17) is 4.98 Å². The molecule has 13 heteroatoms. The fourth-order valence-corrected chi connectivity index (χ4v) is 8.19. The van der Waals surface area contributed by atoms with Crippen LogP contribution in [0.4, 0.5) is 5.13 Å². The summed E-state index contributed by atoms with van der Waals surface area (Å²) in [7, 11) is -3.91. The Labute approximate surface area is 261 Å². The van der Waals surface area contributed by atoms with Gasteiger partial charge in [0.05, 0.1) is 16.5 Å². The second-order valence-corrected chi connectivity index (χ2v) is 15.8. The van der Waals surface area contributed by atoms with E-state index >= 15 is 0 Å². The van der Waals surface area contributed by atoms with E-state index in [1.165, 1.54) is 16.2 Å². The van der Waals surface area contributed by atoms with Crippen molar-refractivity contribution in [3.8, 4) is 11.3 Å². The van der Waals surface area contributed by atoms with Gasteiger partial charge in [0.25, 0.3) is 5.91 Å². The summed E-state index contributed by atoms with van der Waals surface area (Å²) in [4.78, 5) is 47.4. The number of sulfonamides is 1. The average molecular weight is 642 g/mol. The number of anilines is 1. The summed E-state index contributed by atoms with van der Waals surface area (Å²) in [5.74, 6) is -2.02. The third kappa shape index (κ3) is 6.14. The molecule has 236 valence electrons. The highest BCUT2D eigenvalue weighted by atomic mass is 32.2. The van der Waals surface area contributed by atoms with E-state index in [-0.39, 0.29) is 31.2 Å². The highest BCUT2D eigenvalue weighted by Crippen LogP contribution is 2.47. The van der Waals surface area contributed by atoms with Crippen molar-refractivity contribution >= 4 is 44.2 Å². The Bertz CT molecular complexity index is 1560. The first-order valence-electron chi connectivity index (χ1n) is 15.3. The SMILES string of the molecule is CC1(S(=O)(=O)NC(=O)[C@@]23C[C@H]2/C=C\CCCCC[C@H](Nc2nc(-c4ccccc4)cs2)C(=O)N2C[C@H](O)C[C@H]2C(=O)N3)CC1. The predicted molar refractivity (Wildman–Crippen MR) is 167 cm³/mol.